The van der Waals surface area contributed by atoms with Crippen molar-refractivity contribution in [1.82, 2.24) is 0 Å². The number of carbonyl (C=O) groups excluding carboxylic acids is 3. The van der Waals surface area contributed by atoms with Crippen LogP contribution in [-0.2, 0) is 14.4 Å². The van der Waals surface area contributed by atoms with Crippen molar-refractivity contribution in [3.05, 3.63) is 23.8 Å². The number of rotatable bonds is 4. The van der Waals surface area contributed by atoms with Gasteiger partial charge in [-0.15, -0.1) is 11.6 Å². The molecule has 0 heterocycles. The maximum atomic E-state index is 10.9. The zero-order valence-corrected chi connectivity index (χ0v) is 10.6. The zero-order valence-electron chi connectivity index (χ0n) is 9.81. The summed E-state index contributed by atoms with van der Waals surface area (Å²) in [4.78, 5) is 32.4. The van der Waals surface area contributed by atoms with Gasteiger partial charge in [0.05, 0.1) is 0 Å². The third kappa shape index (κ3) is 3.85. The first-order valence-electron chi connectivity index (χ1n) is 5.04. The van der Waals surface area contributed by atoms with Gasteiger partial charge in [-0.05, 0) is 17.7 Å². The van der Waals surface area contributed by atoms with Gasteiger partial charge in [-0.1, -0.05) is 6.07 Å². The lowest BCUT2D eigenvalue weighted by Crippen LogP contribution is -2.07. The van der Waals surface area contributed by atoms with Gasteiger partial charge in [0.25, 0.3) is 0 Å². The van der Waals surface area contributed by atoms with Crippen LogP contribution < -0.4 is 9.47 Å². The van der Waals surface area contributed by atoms with Crippen LogP contribution in [0.25, 0.3) is 0 Å². The first-order chi connectivity index (χ1) is 8.43. The van der Waals surface area contributed by atoms with Gasteiger partial charge in [0.15, 0.2) is 11.5 Å². The van der Waals surface area contributed by atoms with E-state index in [0.29, 0.717) is 11.8 Å². The topological polar surface area (TPSA) is 69.7 Å². The average Bonchev–Trinajstić information content (AvgIpc) is 2.29. The molecule has 0 bridgehead atoms. The maximum absolute atomic E-state index is 10.9. The fourth-order valence-corrected chi connectivity index (χ4v) is 1.38. The van der Waals surface area contributed by atoms with Crippen LogP contribution >= 0.6 is 11.6 Å². The van der Waals surface area contributed by atoms with Crippen LogP contribution in [0.2, 0.25) is 0 Å². The Labute approximate surface area is 109 Å². The molecule has 18 heavy (non-hydrogen) atoms. The second kappa shape index (κ2) is 6.16. The molecule has 6 heteroatoms. The first kappa shape index (κ1) is 14.2. The highest BCUT2D eigenvalue weighted by atomic mass is 35.5. The summed E-state index contributed by atoms with van der Waals surface area (Å²) in [5.41, 5.74) is 0.443. The van der Waals surface area contributed by atoms with Crippen LogP contribution in [0, 0.1) is 0 Å². The molecule has 0 aliphatic heterocycles. The number of hydrogen-bond acceptors (Lipinski definition) is 5. The van der Waals surface area contributed by atoms with Crippen molar-refractivity contribution in [2.24, 2.45) is 0 Å². The van der Waals surface area contributed by atoms with Crippen molar-refractivity contribution in [2.45, 2.75) is 19.2 Å². The molecule has 5 nitrogen and oxygen atoms in total. The predicted octanol–water partition coefficient (Wildman–Crippen LogP) is 2.02. The Hall–Kier alpha value is -1.88. The van der Waals surface area contributed by atoms with E-state index in [1.807, 2.05) is 0 Å². The van der Waals surface area contributed by atoms with Gasteiger partial charge in [0, 0.05) is 13.8 Å². The van der Waals surface area contributed by atoms with Gasteiger partial charge in [0.2, 0.25) is 0 Å². The molecule has 0 radical (unpaired) electrons. The van der Waals surface area contributed by atoms with E-state index >= 15 is 0 Å². The number of benzene rings is 1. The first-order valence-corrected chi connectivity index (χ1v) is 5.48. The van der Waals surface area contributed by atoms with Gasteiger partial charge in [-0.25, -0.2) is 0 Å². The predicted molar refractivity (Wildman–Crippen MR) is 63.7 cm³/mol. The highest BCUT2D eigenvalue weighted by Crippen LogP contribution is 2.32. The standard InChI is InChI=1S/C12H11ClO5/c1-7(15)17-11-4-3-9(10(13)6-14)5-12(11)18-8(2)16/h3-6,10H,1-2H3. The molecule has 0 aromatic heterocycles. The number of hydrogen-bond donors (Lipinski definition) is 0. The molecule has 1 rings (SSSR count). The number of aldehydes is 1. The second-order valence-electron chi connectivity index (χ2n) is 3.43. The van der Waals surface area contributed by atoms with Gasteiger partial charge in [-0.3, -0.25) is 9.59 Å². The Kier molecular flexibility index (Phi) is 4.85. The van der Waals surface area contributed by atoms with E-state index in [1.165, 1.54) is 32.0 Å². The Balaban J connectivity index is 3.14. The Morgan fingerprint density at radius 3 is 2.22 bits per heavy atom. The Morgan fingerprint density at radius 2 is 1.72 bits per heavy atom. The molecule has 1 unspecified atom stereocenters. The van der Waals surface area contributed by atoms with Gasteiger partial charge in [-0.2, -0.15) is 0 Å². The third-order valence-electron chi connectivity index (χ3n) is 1.91. The average molecular weight is 271 g/mol. The zero-order chi connectivity index (χ0) is 13.7. The summed E-state index contributed by atoms with van der Waals surface area (Å²) in [5.74, 6) is -0.981. The maximum Gasteiger partial charge on any atom is 0.308 e. The minimum absolute atomic E-state index is 0.0442. The molecular weight excluding hydrogens is 260 g/mol. The SMILES string of the molecule is CC(=O)Oc1ccc(C(Cl)C=O)cc1OC(C)=O. The lowest BCUT2D eigenvalue weighted by Gasteiger charge is -2.11. The molecular formula is C12H11ClO5. The molecule has 0 saturated carbocycles. The summed E-state index contributed by atoms with van der Waals surface area (Å²) >= 11 is 5.74. The van der Waals surface area contributed by atoms with E-state index in [0.717, 1.165) is 0 Å². The van der Waals surface area contributed by atoms with Crippen LogP contribution in [0.4, 0.5) is 0 Å². The molecule has 1 atom stereocenters. The van der Waals surface area contributed by atoms with Crippen LogP contribution in [0.1, 0.15) is 24.8 Å². The van der Waals surface area contributed by atoms with Gasteiger partial charge < -0.3 is 14.3 Å². The van der Waals surface area contributed by atoms with Crippen LogP contribution in [0.3, 0.4) is 0 Å². The fourth-order valence-electron chi connectivity index (χ4n) is 1.25. The summed E-state index contributed by atoms with van der Waals surface area (Å²) in [6, 6.07) is 4.30. The molecule has 1 aromatic carbocycles. The largest absolute Gasteiger partial charge is 0.423 e. The fraction of sp³-hybridized carbons (Fsp3) is 0.250. The van der Waals surface area contributed by atoms with Crippen molar-refractivity contribution in [3.63, 3.8) is 0 Å². The molecule has 1 aromatic rings. The molecule has 0 spiro atoms. The van der Waals surface area contributed by atoms with Crippen LogP contribution in [0.5, 0.6) is 11.5 Å². The van der Waals surface area contributed by atoms with Crippen molar-refractivity contribution < 1.29 is 23.9 Å². The normalized spacial score (nSPS) is 11.5. The molecule has 0 amide bonds. The number of esters is 2. The van der Waals surface area contributed by atoms with E-state index in [4.69, 9.17) is 21.1 Å². The quantitative estimate of drug-likeness (QED) is 0.362. The molecule has 0 aliphatic rings. The monoisotopic (exact) mass is 270 g/mol. The highest BCUT2D eigenvalue weighted by molar-refractivity contribution is 6.27. The lowest BCUT2D eigenvalue weighted by atomic mass is 10.1. The molecule has 0 saturated heterocycles. The third-order valence-corrected chi connectivity index (χ3v) is 2.27. The highest BCUT2D eigenvalue weighted by Gasteiger charge is 2.14. The van der Waals surface area contributed by atoms with E-state index in [9.17, 15) is 14.4 Å². The summed E-state index contributed by atoms with van der Waals surface area (Å²) in [6.45, 7) is 2.43. The molecule has 0 fully saturated rings. The Morgan fingerprint density at radius 1 is 1.17 bits per heavy atom. The second-order valence-corrected chi connectivity index (χ2v) is 3.90. The van der Waals surface area contributed by atoms with Crippen LogP contribution in [0.15, 0.2) is 18.2 Å². The summed E-state index contributed by atoms with van der Waals surface area (Å²) in [7, 11) is 0. The van der Waals surface area contributed by atoms with E-state index in [1.54, 1.807) is 0 Å². The van der Waals surface area contributed by atoms with Crippen LogP contribution in [-0.4, -0.2) is 18.2 Å². The van der Waals surface area contributed by atoms with Crippen molar-refractivity contribution >= 4 is 29.8 Å². The number of carbonyl (C=O) groups is 3. The molecule has 0 aliphatic carbocycles. The Bertz CT molecular complexity index is 483. The summed E-state index contributed by atoms with van der Waals surface area (Å²) < 4.78 is 9.76. The minimum Gasteiger partial charge on any atom is -0.423 e. The summed E-state index contributed by atoms with van der Waals surface area (Å²) in [6.07, 6.45) is 0.542. The number of alkyl halides is 1. The van der Waals surface area contributed by atoms with E-state index in [-0.39, 0.29) is 11.5 Å². The lowest BCUT2D eigenvalue weighted by molar-refractivity contribution is -0.134. The smallest absolute Gasteiger partial charge is 0.308 e. The van der Waals surface area contributed by atoms with E-state index < -0.39 is 17.3 Å². The van der Waals surface area contributed by atoms with Crippen molar-refractivity contribution in [3.8, 4) is 11.5 Å². The van der Waals surface area contributed by atoms with E-state index in [2.05, 4.69) is 0 Å². The molecule has 0 N–H and O–H groups in total. The molecule has 96 valence electrons. The number of ether oxygens (including phenoxy) is 2. The van der Waals surface area contributed by atoms with Gasteiger partial charge in [0.1, 0.15) is 11.7 Å². The van der Waals surface area contributed by atoms with Crippen molar-refractivity contribution in [1.29, 1.82) is 0 Å². The number of halogens is 1. The van der Waals surface area contributed by atoms with Gasteiger partial charge >= 0.3 is 11.9 Å². The summed E-state index contributed by atoms with van der Waals surface area (Å²) in [5, 5.41) is -0.856. The minimum atomic E-state index is -0.856. The van der Waals surface area contributed by atoms with Crippen molar-refractivity contribution in [2.75, 3.05) is 0 Å².